The molecule has 2 aromatic carbocycles. The summed E-state index contributed by atoms with van der Waals surface area (Å²) in [4.78, 5) is 24.3. The van der Waals surface area contributed by atoms with Crippen LogP contribution < -0.4 is 0 Å². The molecule has 1 N–H and O–H groups in total. The second-order valence-electron chi connectivity index (χ2n) is 6.30. The zero-order valence-electron chi connectivity index (χ0n) is 14.7. The highest BCUT2D eigenvalue weighted by atomic mass is 35.5. The molecule has 4 rings (SSSR count). The molecule has 0 aliphatic carbocycles. The molecular formula is C22H12Cl2FNO3. The number of fused-ring (bicyclic) bond motifs is 1. The Morgan fingerprint density at radius 1 is 0.897 bits per heavy atom. The lowest BCUT2D eigenvalue weighted by Crippen LogP contribution is -2.08. The van der Waals surface area contributed by atoms with Gasteiger partial charge in [0.15, 0.2) is 5.82 Å². The largest absolute Gasteiger partial charge is 0.478 e. The number of carboxylic acids is 1. The maximum Gasteiger partial charge on any atom is 0.335 e. The van der Waals surface area contributed by atoms with Gasteiger partial charge in [-0.2, -0.15) is 0 Å². The lowest BCUT2D eigenvalue weighted by atomic mass is 10.0. The minimum Gasteiger partial charge on any atom is -0.478 e. The van der Waals surface area contributed by atoms with Crippen LogP contribution in [-0.4, -0.2) is 21.3 Å². The maximum absolute atomic E-state index is 15.6. The number of aromatic carboxylic acids is 1. The quantitative estimate of drug-likeness (QED) is 0.407. The van der Waals surface area contributed by atoms with E-state index in [0.29, 0.717) is 11.1 Å². The molecule has 2 aromatic heterocycles. The molecule has 7 heteroatoms. The van der Waals surface area contributed by atoms with Crippen molar-refractivity contribution in [3.05, 3.63) is 99.5 Å². The van der Waals surface area contributed by atoms with Crippen molar-refractivity contribution in [1.29, 1.82) is 0 Å². The van der Waals surface area contributed by atoms with E-state index in [1.165, 1.54) is 40.8 Å². The number of aromatic nitrogens is 1. The molecule has 0 saturated carbocycles. The average Bonchev–Trinajstić information content (AvgIpc) is 2.99. The molecule has 0 saturated heterocycles. The van der Waals surface area contributed by atoms with E-state index in [4.69, 9.17) is 28.3 Å². The number of carboxylic acid groups (broad SMARTS) is 1. The molecule has 144 valence electrons. The van der Waals surface area contributed by atoms with Crippen LogP contribution >= 0.6 is 23.2 Å². The lowest BCUT2D eigenvalue weighted by Gasteiger charge is -2.06. The van der Waals surface area contributed by atoms with E-state index < -0.39 is 17.6 Å². The number of halogens is 3. The van der Waals surface area contributed by atoms with Crippen LogP contribution in [0.1, 0.15) is 26.4 Å². The van der Waals surface area contributed by atoms with Gasteiger partial charge in [-0.05, 0) is 42.0 Å². The van der Waals surface area contributed by atoms with Gasteiger partial charge in [0.25, 0.3) is 0 Å². The van der Waals surface area contributed by atoms with Gasteiger partial charge in [-0.15, -0.1) is 0 Å². The summed E-state index contributed by atoms with van der Waals surface area (Å²) in [7, 11) is 0. The first-order valence-corrected chi connectivity index (χ1v) is 9.26. The molecule has 0 aliphatic rings. The van der Waals surface area contributed by atoms with Crippen molar-refractivity contribution in [3.63, 3.8) is 0 Å². The Bertz CT molecular complexity index is 1260. The van der Waals surface area contributed by atoms with Crippen LogP contribution in [0.4, 0.5) is 4.39 Å². The van der Waals surface area contributed by atoms with Crippen LogP contribution in [0, 0.1) is 5.82 Å². The van der Waals surface area contributed by atoms with E-state index in [2.05, 4.69) is 0 Å². The predicted octanol–water partition coefficient (Wildman–Crippen LogP) is 5.98. The SMILES string of the molecule is O=C(O)c1ccc(-c2c(F)c(C(=O)c3c(Cl)cccc3Cl)n3ccccc23)cc1. The Balaban J connectivity index is 1.97. The van der Waals surface area contributed by atoms with Gasteiger partial charge in [-0.25, -0.2) is 9.18 Å². The second-order valence-corrected chi connectivity index (χ2v) is 7.12. The zero-order valence-corrected chi connectivity index (χ0v) is 16.2. The third-order valence-electron chi connectivity index (χ3n) is 4.61. The normalized spacial score (nSPS) is 11.0. The van der Waals surface area contributed by atoms with Crippen LogP contribution in [0.25, 0.3) is 16.6 Å². The van der Waals surface area contributed by atoms with E-state index in [1.807, 2.05) is 0 Å². The fourth-order valence-electron chi connectivity index (χ4n) is 3.27. The molecule has 2 heterocycles. The van der Waals surface area contributed by atoms with Crippen LogP contribution in [0.2, 0.25) is 10.0 Å². The molecule has 0 spiro atoms. The fourth-order valence-corrected chi connectivity index (χ4v) is 3.84. The Morgan fingerprint density at radius 2 is 1.55 bits per heavy atom. The topological polar surface area (TPSA) is 58.8 Å². The monoisotopic (exact) mass is 427 g/mol. The van der Waals surface area contributed by atoms with Crippen molar-refractivity contribution in [2.24, 2.45) is 0 Å². The first-order valence-electron chi connectivity index (χ1n) is 8.51. The third kappa shape index (κ3) is 3.18. The minimum atomic E-state index is -1.08. The molecule has 0 fully saturated rings. The number of carbonyl (C=O) groups is 2. The zero-order chi connectivity index (χ0) is 20.7. The summed E-state index contributed by atoms with van der Waals surface area (Å²) in [6, 6.07) is 15.5. The molecule has 4 nitrogen and oxygen atoms in total. The Labute approximate surface area is 174 Å². The van der Waals surface area contributed by atoms with E-state index in [0.717, 1.165) is 0 Å². The predicted molar refractivity (Wildman–Crippen MR) is 110 cm³/mol. The number of pyridine rings is 1. The summed E-state index contributed by atoms with van der Waals surface area (Å²) >= 11 is 12.3. The molecule has 0 aliphatic heterocycles. The maximum atomic E-state index is 15.6. The molecule has 0 radical (unpaired) electrons. The smallest absolute Gasteiger partial charge is 0.335 e. The summed E-state index contributed by atoms with van der Waals surface area (Å²) < 4.78 is 17.0. The second kappa shape index (κ2) is 7.35. The van der Waals surface area contributed by atoms with Crippen molar-refractivity contribution in [2.45, 2.75) is 0 Å². The molecule has 29 heavy (non-hydrogen) atoms. The van der Waals surface area contributed by atoms with Crippen molar-refractivity contribution in [3.8, 4) is 11.1 Å². The number of rotatable bonds is 4. The van der Waals surface area contributed by atoms with E-state index in [9.17, 15) is 9.59 Å². The highest BCUT2D eigenvalue weighted by molar-refractivity contribution is 6.41. The molecule has 0 amide bonds. The van der Waals surface area contributed by atoms with Crippen molar-refractivity contribution < 1.29 is 19.1 Å². The van der Waals surface area contributed by atoms with E-state index >= 15 is 4.39 Å². The van der Waals surface area contributed by atoms with Gasteiger partial charge < -0.3 is 9.51 Å². The Hall–Kier alpha value is -3.15. The van der Waals surface area contributed by atoms with Gasteiger partial charge in [-0.3, -0.25) is 4.79 Å². The van der Waals surface area contributed by atoms with Gasteiger partial charge >= 0.3 is 5.97 Å². The standard InChI is InChI=1S/C22H12Cl2FNO3/c23-14-4-3-5-15(24)18(14)21(27)20-19(25)17(16-6-1-2-11-26(16)20)12-7-9-13(10-8-12)22(28)29/h1-11H,(H,28,29). The number of benzene rings is 2. The summed E-state index contributed by atoms with van der Waals surface area (Å²) in [5, 5.41) is 9.33. The van der Waals surface area contributed by atoms with Gasteiger partial charge in [0.1, 0.15) is 5.69 Å². The summed E-state index contributed by atoms with van der Waals surface area (Å²) in [5.41, 5.74) is 0.990. The highest BCUT2D eigenvalue weighted by Gasteiger charge is 2.27. The molecule has 0 bridgehead atoms. The first kappa shape index (κ1) is 19.2. The van der Waals surface area contributed by atoms with Crippen LogP contribution in [0.5, 0.6) is 0 Å². The van der Waals surface area contributed by atoms with Gasteiger partial charge in [0.05, 0.1) is 26.7 Å². The van der Waals surface area contributed by atoms with Gasteiger partial charge in [0.2, 0.25) is 5.78 Å². The summed E-state index contributed by atoms with van der Waals surface area (Å²) in [6.07, 6.45) is 1.57. The molecular weight excluding hydrogens is 416 g/mol. The number of hydrogen-bond acceptors (Lipinski definition) is 2. The summed E-state index contributed by atoms with van der Waals surface area (Å²) in [5.74, 6) is -2.46. The van der Waals surface area contributed by atoms with Crippen LogP contribution in [-0.2, 0) is 0 Å². The number of hydrogen-bond donors (Lipinski definition) is 1. The molecule has 4 aromatic rings. The Kier molecular flexibility index (Phi) is 4.86. The lowest BCUT2D eigenvalue weighted by molar-refractivity contribution is 0.0696. The third-order valence-corrected chi connectivity index (χ3v) is 5.24. The highest BCUT2D eigenvalue weighted by Crippen LogP contribution is 2.35. The number of nitrogens with zero attached hydrogens (tertiary/aromatic N) is 1. The van der Waals surface area contributed by atoms with Crippen LogP contribution in [0.3, 0.4) is 0 Å². The van der Waals surface area contributed by atoms with E-state index in [-0.39, 0.29) is 32.4 Å². The average molecular weight is 428 g/mol. The van der Waals surface area contributed by atoms with Crippen molar-refractivity contribution >= 4 is 40.5 Å². The first-order chi connectivity index (χ1) is 13.9. The number of ketones is 1. The van der Waals surface area contributed by atoms with E-state index in [1.54, 1.807) is 30.5 Å². The minimum absolute atomic E-state index is 0.0192. The van der Waals surface area contributed by atoms with Gasteiger partial charge in [0, 0.05) is 11.8 Å². The fraction of sp³-hybridized carbons (Fsp3) is 0. The summed E-state index contributed by atoms with van der Waals surface area (Å²) in [6.45, 7) is 0. The molecule has 0 atom stereocenters. The Morgan fingerprint density at radius 3 is 2.17 bits per heavy atom. The van der Waals surface area contributed by atoms with Crippen molar-refractivity contribution in [2.75, 3.05) is 0 Å². The van der Waals surface area contributed by atoms with Gasteiger partial charge in [-0.1, -0.05) is 47.5 Å². The van der Waals surface area contributed by atoms with Crippen LogP contribution in [0.15, 0.2) is 66.9 Å². The molecule has 0 unspecified atom stereocenters. The number of carbonyl (C=O) groups excluding carboxylic acids is 1. The van der Waals surface area contributed by atoms with Crippen molar-refractivity contribution in [1.82, 2.24) is 4.40 Å².